The van der Waals surface area contributed by atoms with Gasteiger partial charge in [0, 0.05) is 19.3 Å². The highest BCUT2D eigenvalue weighted by atomic mass is 16.6. The Bertz CT molecular complexity index is 1310. The first-order chi connectivity index (χ1) is 40.0. The van der Waals surface area contributed by atoms with Crippen LogP contribution in [0.1, 0.15) is 419 Å². The molecule has 1 unspecified atom stereocenters. The van der Waals surface area contributed by atoms with Gasteiger partial charge in [0.15, 0.2) is 6.10 Å². The highest BCUT2D eigenvalue weighted by Gasteiger charge is 2.20. The first kappa shape index (κ1) is 78.9. The van der Waals surface area contributed by atoms with Crippen molar-refractivity contribution in [2.45, 2.75) is 425 Å². The third kappa shape index (κ3) is 68.6. The number of ether oxygens (including phenoxy) is 3. The molecule has 0 saturated heterocycles. The SMILES string of the molecule is CCCCCC/C=C\C/C=C\CCCCCCCCCC(=O)OCC(COC(=O)CCCCCCCCCCCCCCCCCCCCCCCCCCC)OC(=O)CCCCCCCCCCCCCCCCCCCCCC. The normalized spacial score (nSPS) is 12.1. The summed E-state index contributed by atoms with van der Waals surface area (Å²) in [6, 6.07) is 0. The molecule has 0 aliphatic rings. The van der Waals surface area contributed by atoms with Crippen molar-refractivity contribution in [1.29, 1.82) is 0 Å². The molecule has 0 spiro atoms. The summed E-state index contributed by atoms with van der Waals surface area (Å²) in [5.41, 5.74) is 0. The summed E-state index contributed by atoms with van der Waals surface area (Å²) in [7, 11) is 0. The Kier molecular flexibility index (Phi) is 68.5. The molecule has 0 bridgehead atoms. The van der Waals surface area contributed by atoms with Gasteiger partial charge in [0.05, 0.1) is 0 Å². The maximum absolute atomic E-state index is 13.0. The van der Waals surface area contributed by atoms with Crippen LogP contribution in [-0.4, -0.2) is 37.2 Å². The van der Waals surface area contributed by atoms with Crippen LogP contribution in [0, 0.1) is 0 Å². The molecule has 81 heavy (non-hydrogen) atoms. The summed E-state index contributed by atoms with van der Waals surface area (Å²) in [5.74, 6) is -0.838. The molecule has 0 rings (SSSR count). The zero-order valence-corrected chi connectivity index (χ0v) is 55.1. The van der Waals surface area contributed by atoms with E-state index in [2.05, 4.69) is 45.1 Å². The molecule has 0 aromatic rings. The van der Waals surface area contributed by atoms with Crippen molar-refractivity contribution in [3.05, 3.63) is 24.3 Å². The second-order valence-corrected chi connectivity index (χ2v) is 25.2. The van der Waals surface area contributed by atoms with Crippen molar-refractivity contribution in [3.63, 3.8) is 0 Å². The Hall–Kier alpha value is -2.11. The van der Waals surface area contributed by atoms with E-state index in [9.17, 15) is 14.4 Å². The van der Waals surface area contributed by atoms with Gasteiger partial charge in [-0.1, -0.05) is 373 Å². The predicted molar refractivity (Wildman–Crippen MR) is 353 cm³/mol. The molecule has 0 aliphatic heterocycles. The van der Waals surface area contributed by atoms with Gasteiger partial charge < -0.3 is 14.2 Å². The molecular weight excluding hydrogens is 997 g/mol. The van der Waals surface area contributed by atoms with Crippen molar-refractivity contribution in [2.75, 3.05) is 13.2 Å². The van der Waals surface area contributed by atoms with Gasteiger partial charge in [0.2, 0.25) is 0 Å². The first-order valence-corrected chi connectivity index (χ1v) is 36.8. The molecule has 0 N–H and O–H groups in total. The van der Waals surface area contributed by atoms with E-state index in [0.717, 1.165) is 70.6 Å². The molecule has 0 heterocycles. The molecule has 0 radical (unpaired) electrons. The highest BCUT2D eigenvalue weighted by molar-refractivity contribution is 5.71. The Morgan fingerprint density at radius 1 is 0.247 bits per heavy atom. The molecule has 0 aromatic carbocycles. The molecule has 1 atom stereocenters. The fourth-order valence-corrected chi connectivity index (χ4v) is 11.4. The summed E-state index contributed by atoms with van der Waals surface area (Å²) < 4.78 is 17.0. The van der Waals surface area contributed by atoms with Crippen LogP contribution in [0.15, 0.2) is 24.3 Å². The first-order valence-electron chi connectivity index (χ1n) is 36.8. The van der Waals surface area contributed by atoms with E-state index in [1.807, 2.05) is 0 Å². The molecule has 0 fully saturated rings. The van der Waals surface area contributed by atoms with E-state index in [1.165, 1.54) is 308 Å². The van der Waals surface area contributed by atoms with E-state index in [-0.39, 0.29) is 31.1 Å². The molecule has 6 nitrogen and oxygen atoms in total. The minimum atomic E-state index is -0.772. The van der Waals surface area contributed by atoms with Gasteiger partial charge in [-0.3, -0.25) is 14.4 Å². The lowest BCUT2D eigenvalue weighted by atomic mass is 10.0. The number of hydrogen-bond donors (Lipinski definition) is 0. The number of carbonyl (C=O) groups is 3. The van der Waals surface area contributed by atoms with Gasteiger partial charge in [-0.2, -0.15) is 0 Å². The maximum atomic E-state index is 13.0. The zero-order chi connectivity index (χ0) is 58.5. The van der Waals surface area contributed by atoms with Crippen molar-refractivity contribution in [3.8, 4) is 0 Å². The fraction of sp³-hybridized carbons (Fsp3) is 0.907. The fourth-order valence-electron chi connectivity index (χ4n) is 11.4. The van der Waals surface area contributed by atoms with Crippen LogP contribution in [0.5, 0.6) is 0 Å². The van der Waals surface area contributed by atoms with Crippen LogP contribution < -0.4 is 0 Å². The Morgan fingerprint density at radius 3 is 0.691 bits per heavy atom. The lowest BCUT2D eigenvalue weighted by Gasteiger charge is -2.18. The second-order valence-electron chi connectivity index (χ2n) is 25.2. The van der Waals surface area contributed by atoms with Gasteiger partial charge in [0.25, 0.3) is 0 Å². The van der Waals surface area contributed by atoms with E-state index in [1.54, 1.807) is 0 Å². The predicted octanol–water partition coefficient (Wildman–Crippen LogP) is 25.3. The number of carbonyl (C=O) groups excluding carboxylic acids is 3. The third-order valence-corrected chi connectivity index (χ3v) is 17.0. The summed E-state index contributed by atoms with van der Waals surface area (Å²) in [6.45, 7) is 6.71. The topological polar surface area (TPSA) is 78.9 Å². The summed E-state index contributed by atoms with van der Waals surface area (Å²) >= 11 is 0. The average molecular weight is 1140 g/mol. The largest absolute Gasteiger partial charge is 0.462 e. The number of rotatable bonds is 69. The standard InChI is InChI=1S/C75H142O6/c1-4-7-10-13-16-19-22-25-28-31-34-36-37-38-39-40-42-44-47-50-53-56-59-62-65-68-74(77)80-71-72(70-79-73(76)67-64-61-58-55-52-49-46-43-33-30-27-24-21-18-15-12-9-6-3)81-75(78)69-66-63-60-57-54-51-48-45-41-35-32-29-26-23-20-17-14-11-8-5-2/h21,24,30,33,72H,4-20,22-23,25-29,31-32,34-71H2,1-3H3/b24-21-,33-30-. The quantitative estimate of drug-likeness (QED) is 0.0261. The average Bonchev–Trinajstić information content (AvgIpc) is 3.47. The molecule has 0 aromatic heterocycles. The molecule has 0 amide bonds. The number of unbranched alkanes of at least 4 members (excludes halogenated alkanes) is 54. The van der Waals surface area contributed by atoms with Crippen LogP contribution in [0.4, 0.5) is 0 Å². The molecule has 0 aliphatic carbocycles. The minimum absolute atomic E-state index is 0.0669. The smallest absolute Gasteiger partial charge is 0.306 e. The molecule has 478 valence electrons. The van der Waals surface area contributed by atoms with Crippen LogP contribution in [0.2, 0.25) is 0 Å². The lowest BCUT2D eigenvalue weighted by molar-refractivity contribution is -0.167. The summed E-state index contributed by atoms with van der Waals surface area (Å²) in [5, 5.41) is 0. The summed E-state index contributed by atoms with van der Waals surface area (Å²) in [4.78, 5) is 38.5. The summed E-state index contributed by atoms with van der Waals surface area (Å²) in [6.07, 6.45) is 86.4. The number of hydrogen-bond acceptors (Lipinski definition) is 6. The van der Waals surface area contributed by atoms with E-state index < -0.39 is 6.10 Å². The Labute approximate surface area is 506 Å². The molecule has 0 saturated carbocycles. The van der Waals surface area contributed by atoms with Crippen molar-refractivity contribution in [2.24, 2.45) is 0 Å². The number of allylic oxidation sites excluding steroid dienone is 4. The van der Waals surface area contributed by atoms with Crippen molar-refractivity contribution in [1.82, 2.24) is 0 Å². The third-order valence-electron chi connectivity index (χ3n) is 17.0. The maximum Gasteiger partial charge on any atom is 0.306 e. The van der Waals surface area contributed by atoms with Gasteiger partial charge in [-0.05, 0) is 51.4 Å². The van der Waals surface area contributed by atoms with E-state index in [0.29, 0.717) is 19.3 Å². The van der Waals surface area contributed by atoms with Gasteiger partial charge >= 0.3 is 17.9 Å². The molecule has 6 heteroatoms. The Balaban J connectivity index is 4.27. The van der Waals surface area contributed by atoms with Gasteiger partial charge in [-0.15, -0.1) is 0 Å². The van der Waals surface area contributed by atoms with Crippen LogP contribution >= 0.6 is 0 Å². The van der Waals surface area contributed by atoms with Crippen LogP contribution in [0.3, 0.4) is 0 Å². The lowest BCUT2D eigenvalue weighted by Crippen LogP contribution is -2.30. The van der Waals surface area contributed by atoms with Gasteiger partial charge in [-0.25, -0.2) is 0 Å². The molecular formula is C75H142O6. The Morgan fingerprint density at radius 2 is 0.444 bits per heavy atom. The van der Waals surface area contributed by atoms with Crippen molar-refractivity contribution < 1.29 is 28.6 Å². The monoisotopic (exact) mass is 1140 g/mol. The van der Waals surface area contributed by atoms with Crippen LogP contribution in [0.25, 0.3) is 0 Å². The number of esters is 3. The van der Waals surface area contributed by atoms with Crippen LogP contribution in [-0.2, 0) is 28.6 Å². The van der Waals surface area contributed by atoms with E-state index in [4.69, 9.17) is 14.2 Å². The zero-order valence-electron chi connectivity index (χ0n) is 55.1. The van der Waals surface area contributed by atoms with Crippen molar-refractivity contribution >= 4 is 17.9 Å². The second kappa shape index (κ2) is 70.4. The minimum Gasteiger partial charge on any atom is -0.462 e. The van der Waals surface area contributed by atoms with E-state index >= 15 is 0 Å². The highest BCUT2D eigenvalue weighted by Crippen LogP contribution is 2.19. The van der Waals surface area contributed by atoms with Gasteiger partial charge in [0.1, 0.15) is 13.2 Å².